The van der Waals surface area contributed by atoms with Crippen LogP contribution in [0.5, 0.6) is 11.5 Å². The maximum absolute atomic E-state index is 12.2. The van der Waals surface area contributed by atoms with Gasteiger partial charge in [0, 0.05) is 0 Å². The molecule has 0 radical (unpaired) electrons. The lowest BCUT2D eigenvalue weighted by Gasteiger charge is -2.15. The summed E-state index contributed by atoms with van der Waals surface area (Å²) in [7, 11) is 1.46. The normalized spacial score (nSPS) is 11.4. The van der Waals surface area contributed by atoms with Gasteiger partial charge in [-0.3, -0.25) is 4.79 Å². The van der Waals surface area contributed by atoms with Crippen molar-refractivity contribution in [2.24, 2.45) is 5.92 Å². The van der Waals surface area contributed by atoms with E-state index in [1.807, 2.05) is 48.5 Å². The lowest BCUT2D eigenvalue weighted by Crippen LogP contribution is -2.17. The third kappa shape index (κ3) is 7.01. The molecule has 3 rings (SSSR count). The SMILES string of the molecule is COC(=O)C(CCCc1ccccc1)CCc1ccc(Oc2cccc(C#N)c2)cc1. The molecule has 0 spiro atoms. The second-order valence-electron chi connectivity index (χ2n) is 7.52. The Balaban J connectivity index is 1.52. The Bertz CT molecular complexity index is 1010. The first-order chi connectivity index (χ1) is 15.2. The van der Waals surface area contributed by atoms with Crippen LogP contribution in [0.1, 0.15) is 36.0 Å². The van der Waals surface area contributed by atoms with Crippen molar-refractivity contribution >= 4 is 5.97 Å². The monoisotopic (exact) mass is 413 g/mol. The fourth-order valence-electron chi connectivity index (χ4n) is 3.57. The highest BCUT2D eigenvalue weighted by Gasteiger charge is 2.18. The highest BCUT2D eigenvalue weighted by Crippen LogP contribution is 2.24. The molecule has 0 saturated heterocycles. The first-order valence-electron chi connectivity index (χ1n) is 10.6. The van der Waals surface area contributed by atoms with Crippen LogP contribution in [0.15, 0.2) is 78.9 Å². The van der Waals surface area contributed by atoms with Gasteiger partial charge in [-0.1, -0.05) is 48.5 Å². The summed E-state index contributed by atoms with van der Waals surface area (Å²) in [5, 5.41) is 9.00. The van der Waals surface area contributed by atoms with Crippen LogP contribution < -0.4 is 4.74 Å². The van der Waals surface area contributed by atoms with E-state index in [1.165, 1.54) is 12.7 Å². The third-order valence-electron chi connectivity index (χ3n) is 5.30. The number of nitriles is 1. The van der Waals surface area contributed by atoms with Crippen molar-refractivity contribution < 1.29 is 14.3 Å². The maximum Gasteiger partial charge on any atom is 0.308 e. The zero-order chi connectivity index (χ0) is 21.9. The summed E-state index contributed by atoms with van der Waals surface area (Å²) >= 11 is 0. The largest absolute Gasteiger partial charge is 0.469 e. The van der Waals surface area contributed by atoms with Gasteiger partial charge in [-0.25, -0.2) is 0 Å². The Morgan fingerprint density at radius 1 is 0.871 bits per heavy atom. The molecule has 0 bridgehead atoms. The van der Waals surface area contributed by atoms with E-state index in [0.717, 1.165) is 37.7 Å². The number of methoxy groups -OCH3 is 1. The second-order valence-corrected chi connectivity index (χ2v) is 7.52. The minimum absolute atomic E-state index is 0.0987. The Hall–Kier alpha value is -3.58. The van der Waals surface area contributed by atoms with Crippen molar-refractivity contribution in [1.82, 2.24) is 0 Å². The lowest BCUT2D eigenvalue weighted by atomic mass is 9.93. The van der Waals surface area contributed by atoms with Crippen LogP contribution in [-0.4, -0.2) is 13.1 Å². The van der Waals surface area contributed by atoms with Crippen molar-refractivity contribution in [2.75, 3.05) is 7.11 Å². The van der Waals surface area contributed by atoms with E-state index in [1.54, 1.807) is 18.2 Å². The quantitative estimate of drug-likeness (QED) is 0.377. The van der Waals surface area contributed by atoms with Crippen LogP contribution in [0.4, 0.5) is 0 Å². The van der Waals surface area contributed by atoms with E-state index in [9.17, 15) is 4.79 Å². The molecule has 4 heteroatoms. The predicted octanol–water partition coefficient (Wildman–Crippen LogP) is 6.10. The summed E-state index contributed by atoms with van der Waals surface area (Å²) in [6.07, 6.45) is 4.30. The van der Waals surface area contributed by atoms with Crippen molar-refractivity contribution in [3.63, 3.8) is 0 Å². The molecule has 0 N–H and O–H groups in total. The fraction of sp³-hybridized carbons (Fsp3) is 0.259. The fourth-order valence-corrected chi connectivity index (χ4v) is 3.57. The number of hydrogen-bond acceptors (Lipinski definition) is 4. The Labute approximate surface area is 184 Å². The molecule has 3 aromatic rings. The first kappa shape index (κ1) is 22.1. The molecule has 1 unspecified atom stereocenters. The van der Waals surface area contributed by atoms with Gasteiger partial charge in [0.05, 0.1) is 24.7 Å². The van der Waals surface area contributed by atoms with Crippen LogP contribution in [0.3, 0.4) is 0 Å². The van der Waals surface area contributed by atoms with Gasteiger partial charge in [0.2, 0.25) is 0 Å². The zero-order valence-corrected chi connectivity index (χ0v) is 17.8. The molecule has 0 aromatic heterocycles. The molecule has 0 saturated carbocycles. The van der Waals surface area contributed by atoms with E-state index in [4.69, 9.17) is 14.7 Å². The number of esters is 1. The topological polar surface area (TPSA) is 59.3 Å². The van der Waals surface area contributed by atoms with Crippen molar-refractivity contribution in [1.29, 1.82) is 5.26 Å². The van der Waals surface area contributed by atoms with Gasteiger partial charge in [0.25, 0.3) is 0 Å². The van der Waals surface area contributed by atoms with Crippen LogP contribution in [0, 0.1) is 17.2 Å². The van der Waals surface area contributed by atoms with E-state index < -0.39 is 0 Å². The average molecular weight is 414 g/mol. The van der Waals surface area contributed by atoms with E-state index in [2.05, 4.69) is 18.2 Å². The minimum atomic E-state index is -0.134. The van der Waals surface area contributed by atoms with Gasteiger partial charge < -0.3 is 9.47 Å². The highest BCUT2D eigenvalue weighted by atomic mass is 16.5. The number of carbonyl (C=O) groups is 1. The van der Waals surface area contributed by atoms with Crippen molar-refractivity contribution in [3.05, 3.63) is 95.6 Å². The number of benzene rings is 3. The Morgan fingerprint density at radius 2 is 1.61 bits per heavy atom. The van der Waals surface area contributed by atoms with Gasteiger partial charge in [0.1, 0.15) is 11.5 Å². The van der Waals surface area contributed by atoms with Crippen LogP contribution in [0.25, 0.3) is 0 Å². The molecule has 0 aliphatic rings. The molecule has 158 valence electrons. The highest BCUT2D eigenvalue weighted by molar-refractivity contribution is 5.72. The molecular formula is C27H27NO3. The van der Waals surface area contributed by atoms with E-state index in [0.29, 0.717) is 17.1 Å². The van der Waals surface area contributed by atoms with Crippen molar-refractivity contribution in [3.8, 4) is 17.6 Å². The number of nitrogens with zero attached hydrogens (tertiary/aromatic N) is 1. The molecule has 0 aliphatic heterocycles. The molecule has 0 fully saturated rings. The van der Waals surface area contributed by atoms with Crippen LogP contribution in [0.2, 0.25) is 0 Å². The Kier molecular flexibility index (Phi) is 8.25. The van der Waals surface area contributed by atoms with Gasteiger partial charge in [-0.05, 0) is 73.6 Å². The summed E-state index contributed by atoms with van der Waals surface area (Å²) in [5.74, 6) is 1.12. The molecule has 1 atom stereocenters. The summed E-state index contributed by atoms with van der Waals surface area (Å²) in [5.41, 5.74) is 3.01. The predicted molar refractivity (Wildman–Crippen MR) is 121 cm³/mol. The van der Waals surface area contributed by atoms with Gasteiger partial charge in [-0.15, -0.1) is 0 Å². The lowest BCUT2D eigenvalue weighted by molar-refractivity contribution is -0.145. The second kappa shape index (κ2) is 11.6. The van der Waals surface area contributed by atoms with Crippen LogP contribution >= 0.6 is 0 Å². The van der Waals surface area contributed by atoms with Gasteiger partial charge >= 0.3 is 5.97 Å². The third-order valence-corrected chi connectivity index (χ3v) is 5.30. The van der Waals surface area contributed by atoms with E-state index >= 15 is 0 Å². The molecule has 0 amide bonds. The molecule has 0 aliphatic carbocycles. The van der Waals surface area contributed by atoms with Crippen molar-refractivity contribution in [2.45, 2.75) is 32.1 Å². The summed E-state index contributed by atoms with van der Waals surface area (Å²) in [4.78, 5) is 12.2. The number of carbonyl (C=O) groups excluding carboxylic acids is 1. The van der Waals surface area contributed by atoms with Gasteiger partial charge in [0.15, 0.2) is 0 Å². The zero-order valence-electron chi connectivity index (χ0n) is 17.8. The Morgan fingerprint density at radius 3 is 2.32 bits per heavy atom. The average Bonchev–Trinajstić information content (AvgIpc) is 2.82. The standard InChI is InChI=1S/C27H27NO3/c1-30-27(29)24(11-5-9-21-7-3-2-4-8-21)16-13-22-14-17-25(18-15-22)31-26-12-6-10-23(19-26)20-28/h2-4,6-8,10,12,14-15,17-19,24H,5,9,11,13,16H2,1H3. The number of rotatable bonds is 10. The van der Waals surface area contributed by atoms with Crippen LogP contribution in [-0.2, 0) is 22.4 Å². The number of ether oxygens (including phenoxy) is 2. The summed E-state index contributed by atoms with van der Waals surface area (Å²) in [6, 6.07) is 27.4. The van der Waals surface area contributed by atoms with Gasteiger partial charge in [-0.2, -0.15) is 5.26 Å². The molecule has 3 aromatic carbocycles. The summed E-state index contributed by atoms with van der Waals surface area (Å²) in [6.45, 7) is 0. The first-order valence-corrected chi connectivity index (χ1v) is 10.6. The number of aryl methyl sites for hydroxylation is 2. The maximum atomic E-state index is 12.2. The molecular weight excluding hydrogens is 386 g/mol. The molecule has 0 heterocycles. The minimum Gasteiger partial charge on any atom is -0.469 e. The smallest absolute Gasteiger partial charge is 0.308 e. The molecule has 31 heavy (non-hydrogen) atoms. The number of hydrogen-bond donors (Lipinski definition) is 0. The van der Waals surface area contributed by atoms with E-state index in [-0.39, 0.29) is 11.9 Å². The molecule has 4 nitrogen and oxygen atoms in total. The summed E-state index contributed by atoms with van der Waals surface area (Å²) < 4.78 is 10.9.